The van der Waals surface area contributed by atoms with Crippen molar-refractivity contribution < 1.29 is 14.3 Å². The summed E-state index contributed by atoms with van der Waals surface area (Å²) in [5.41, 5.74) is 3.61. The van der Waals surface area contributed by atoms with E-state index in [4.69, 9.17) is 4.74 Å². The molecule has 2 aromatic rings. The number of thioether (sulfide) groups is 1. The maximum atomic E-state index is 12.3. The van der Waals surface area contributed by atoms with Crippen LogP contribution in [-0.2, 0) is 9.59 Å². The zero-order valence-electron chi connectivity index (χ0n) is 15.4. The predicted molar refractivity (Wildman–Crippen MR) is 109 cm³/mol. The smallest absolute Gasteiger partial charge is 0.240 e. The third-order valence-corrected chi connectivity index (χ3v) is 5.19. The van der Waals surface area contributed by atoms with Crippen molar-refractivity contribution in [2.75, 3.05) is 12.4 Å². The van der Waals surface area contributed by atoms with Crippen molar-refractivity contribution in [1.82, 2.24) is 5.32 Å². The van der Waals surface area contributed by atoms with E-state index in [0.29, 0.717) is 16.6 Å². The fraction of sp³-hybridized carbons (Fsp3) is 0.250. The van der Waals surface area contributed by atoms with Gasteiger partial charge in [-0.25, -0.2) is 4.99 Å². The van der Waals surface area contributed by atoms with Crippen molar-refractivity contribution in [3.05, 3.63) is 53.6 Å². The van der Waals surface area contributed by atoms with Crippen molar-refractivity contribution >= 4 is 40.1 Å². The first-order valence-corrected chi connectivity index (χ1v) is 9.40. The Morgan fingerprint density at radius 1 is 1.22 bits per heavy atom. The number of anilines is 1. The molecule has 0 aliphatic carbocycles. The molecule has 2 amide bonds. The molecular formula is C20H21N3O3S. The SMILES string of the molecule is COc1ccc(NC(=O)C[C@@H]2SC(=Nc3cc(C)ccc3C)NC2=O)cc1. The van der Waals surface area contributed by atoms with Crippen LogP contribution in [0.2, 0.25) is 0 Å². The van der Waals surface area contributed by atoms with Gasteiger partial charge in [-0.2, -0.15) is 0 Å². The first kappa shape index (κ1) is 19.0. The molecule has 1 atom stereocenters. The fourth-order valence-corrected chi connectivity index (χ4v) is 3.58. The summed E-state index contributed by atoms with van der Waals surface area (Å²) < 4.78 is 5.09. The minimum Gasteiger partial charge on any atom is -0.497 e. The minimum absolute atomic E-state index is 0.0777. The monoisotopic (exact) mass is 383 g/mol. The molecule has 2 N–H and O–H groups in total. The number of carbonyl (C=O) groups is 2. The Morgan fingerprint density at radius 2 is 1.96 bits per heavy atom. The fourth-order valence-electron chi connectivity index (χ4n) is 2.60. The second-order valence-corrected chi connectivity index (χ2v) is 7.47. The van der Waals surface area contributed by atoms with E-state index in [1.54, 1.807) is 31.4 Å². The Bertz CT molecular complexity index is 894. The predicted octanol–water partition coefficient (Wildman–Crippen LogP) is 3.56. The van der Waals surface area contributed by atoms with E-state index < -0.39 is 5.25 Å². The van der Waals surface area contributed by atoms with Gasteiger partial charge in [0, 0.05) is 12.1 Å². The van der Waals surface area contributed by atoms with Crippen molar-refractivity contribution in [2.24, 2.45) is 4.99 Å². The molecule has 0 radical (unpaired) electrons. The third kappa shape index (κ3) is 4.89. The Kier molecular flexibility index (Phi) is 5.81. The Morgan fingerprint density at radius 3 is 2.67 bits per heavy atom. The number of benzene rings is 2. The second kappa shape index (κ2) is 8.26. The lowest BCUT2D eigenvalue weighted by atomic mass is 10.1. The van der Waals surface area contributed by atoms with Gasteiger partial charge in [-0.3, -0.25) is 9.59 Å². The van der Waals surface area contributed by atoms with E-state index in [2.05, 4.69) is 15.6 Å². The number of hydrogen-bond donors (Lipinski definition) is 2. The molecule has 0 saturated carbocycles. The quantitative estimate of drug-likeness (QED) is 0.827. The zero-order chi connectivity index (χ0) is 19.4. The van der Waals surface area contributed by atoms with Crippen LogP contribution in [0.5, 0.6) is 5.75 Å². The van der Waals surface area contributed by atoms with E-state index in [0.717, 1.165) is 16.8 Å². The second-order valence-electron chi connectivity index (χ2n) is 6.28. The molecule has 1 saturated heterocycles. The molecule has 3 rings (SSSR count). The molecule has 1 aliphatic heterocycles. The number of amides is 2. The molecule has 140 valence electrons. The van der Waals surface area contributed by atoms with E-state index in [1.807, 2.05) is 32.0 Å². The van der Waals surface area contributed by atoms with Gasteiger partial charge in [-0.15, -0.1) is 0 Å². The summed E-state index contributed by atoms with van der Waals surface area (Å²) in [6.07, 6.45) is 0.0777. The summed E-state index contributed by atoms with van der Waals surface area (Å²) in [7, 11) is 1.58. The minimum atomic E-state index is -0.493. The third-order valence-electron chi connectivity index (χ3n) is 4.11. The molecule has 6 nitrogen and oxygen atoms in total. The van der Waals surface area contributed by atoms with Gasteiger partial charge in [0.25, 0.3) is 0 Å². The van der Waals surface area contributed by atoms with E-state index in [1.165, 1.54) is 11.8 Å². The van der Waals surface area contributed by atoms with Crippen LogP contribution in [0.4, 0.5) is 11.4 Å². The van der Waals surface area contributed by atoms with E-state index >= 15 is 0 Å². The topological polar surface area (TPSA) is 79.8 Å². The van der Waals surface area contributed by atoms with Gasteiger partial charge in [0.05, 0.1) is 12.8 Å². The largest absolute Gasteiger partial charge is 0.497 e. The molecule has 1 aliphatic rings. The Labute approximate surface area is 162 Å². The first-order chi connectivity index (χ1) is 12.9. The molecule has 0 aromatic heterocycles. The lowest BCUT2D eigenvalue weighted by Crippen LogP contribution is -2.28. The average Bonchev–Trinajstić information content (AvgIpc) is 2.97. The van der Waals surface area contributed by atoms with Crippen LogP contribution in [0.15, 0.2) is 47.5 Å². The number of aryl methyl sites for hydroxylation is 2. The van der Waals surface area contributed by atoms with Gasteiger partial charge in [0.1, 0.15) is 11.0 Å². The number of ether oxygens (including phenoxy) is 1. The summed E-state index contributed by atoms with van der Waals surface area (Å²) in [6, 6.07) is 13.0. The molecular weight excluding hydrogens is 362 g/mol. The number of amidine groups is 1. The molecule has 27 heavy (non-hydrogen) atoms. The zero-order valence-corrected chi connectivity index (χ0v) is 16.2. The number of hydrogen-bond acceptors (Lipinski definition) is 5. The van der Waals surface area contributed by atoms with Gasteiger partial charge < -0.3 is 15.4 Å². The average molecular weight is 383 g/mol. The number of rotatable bonds is 5. The number of nitrogens with one attached hydrogen (secondary N) is 2. The highest BCUT2D eigenvalue weighted by Gasteiger charge is 2.32. The number of methoxy groups -OCH3 is 1. The highest BCUT2D eigenvalue weighted by atomic mass is 32.2. The van der Waals surface area contributed by atoms with Crippen LogP contribution in [0.3, 0.4) is 0 Å². The molecule has 0 bridgehead atoms. The molecule has 0 spiro atoms. The molecule has 7 heteroatoms. The molecule has 0 unspecified atom stereocenters. The summed E-state index contributed by atoms with van der Waals surface area (Å²) in [4.78, 5) is 29.0. The normalized spacial score (nSPS) is 17.7. The van der Waals surface area contributed by atoms with Crippen LogP contribution in [0.25, 0.3) is 0 Å². The standard InChI is InChI=1S/C20H21N3O3S/c1-12-4-5-13(2)16(10-12)22-20-23-19(25)17(27-20)11-18(24)21-14-6-8-15(26-3)9-7-14/h4-10,17H,11H2,1-3H3,(H,21,24)(H,22,23,25)/t17-/m0/s1. The van der Waals surface area contributed by atoms with Gasteiger partial charge in [-0.1, -0.05) is 23.9 Å². The lowest BCUT2D eigenvalue weighted by Gasteiger charge is -2.08. The lowest BCUT2D eigenvalue weighted by molar-refractivity contribution is -0.122. The number of aliphatic imine (C=N–C) groups is 1. The Hall–Kier alpha value is -2.80. The van der Waals surface area contributed by atoms with Crippen LogP contribution in [0, 0.1) is 13.8 Å². The van der Waals surface area contributed by atoms with Gasteiger partial charge in [0.15, 0.2) is 5.17 Å². The highest BCUT2D eigenvalue weighted by Crippen LogP contribution is 2.27. The van der Waals surface area contributed by atoms with Crippen molar-refractivity contribution in [1.29, 1.82) is 0 Å². The summed E-state index contributed by atoms with van der Waals surface area (Å²) in [5, 5.41) is 5.59. The first-order valence-electron chi connectivity index (χ1n) is 8.52. The van der Waals surface area contributed by atoms with Crippen LogP contribution < -0.4 is 15.4 Å². The van der Waals surface area contributed by atoms with E-state index in [-0.39, 0.29) is 18.2 Å². The summed E-state index contributed by atoms with van der Waals surface area (Å²) in [6.45, 7) is 3.97. The number of carbonyl (C=O) groups excluding carboxylic acids is 2. The Balaban J connectivity index is 1.62. The van der Waals surface area contributed by atoms with Gasteiger partial charge >= 0.3 is 0 Å². The summed E-state index contributed by atoms with van der Waals surface area (Å²) >= 11 is 1.28. The van der Waals surface area contributed by atoms with Crippen LogP contribution >= 0.6 is 11.8 Å². The molecule has 1 heterocycles. The van der Waals surface area contributed by atoms with Crippen molar-refractivity contribution in [3.63, 3.8) is 0 Å². The van der Waals surface area contributed by atoms with E-state index in [9.17, 15) is 9.59 Å². The molecule has 1 fully saturated rings. The number of nitrogens with zero attached hydrogens (tertiary/aromatic N) is 1. The maximum absolute atomic E-state index is 12.3. The van der Waals surface area contributed by atoms with Crippen molar-refractivity contribution in [3.8, 4) is 5.75 Å². The summed E-state index contributed by atoms with van der Waals surface area (Å²) in [5.74, 6) is 0.292. The highest BCUT2D eigenvalue weighted by molar-refractivity contribution is 8.15. The van der Waals surface area contributed by atoms with Gasteiger partial charge in [-0.05, 0) is 55.3 Å². The van der Waals surface area contributed by atoms with Crippen LogP contribution in [-0.4, -0.2) is 29.3 Å². The van der Waals surface area contributed by atoms with Gasteiger partial charge in [0.2, 0.25) is 11.8 Å². The van der Waals surface area contributed by atoms with Crippen LogP contribution in [0.1, 0.15) is 17.5 Å². The van der Waals surface area contributed by atoms with Crippen molar-refractivity contribution in [2.45, 2.75) is 25.5 Å². The molecule has 2 aromatic carbocycles. The maximum Gasteiger partial charge on any atom is 0.240 e.